The molecule has 0 atom stereocenters. The summed E-state index contributed by atoms with van der Waals surface area (Å²) in [5.74, 6) is -0.631. The normalized spacial score (nSPS) is 10.2. The molecule has 104 valence electrons. The number of hydrogen-bond donors (Lipinski definition) is 1. The number of methoxy groups -OCH3 is 1. The van der Waals surface area contributed by atoms with E-state index in [-0.39, 0.29) is 5.56 Å². The summed E-state index contributed by atoms with van der Waals surface area (Å²) in [6.07, 6.45) is 0. The Labute approximate surface area is 121 Å². The molecule has 2 aromatic rings. The van der Waals surface area contributed by atoms with Gasteiger partial charge >= 0.3 is 0 Å². The zero-order valence-corrected chi connectivity index (χ0v) is 11.8. The quantitative estimate of drug-likeness (QED) is 0.927. The molecule has 3 nitrogen and oxygen atoms in total. The molecule has 1 N–H and O–H groups in total. The van der Waals surface area contributed by atoms with Crippen molar-refractivity contribution in [2.45, 2.75) is 6.92 Å². The number of carbonyl (C=O) groups excluding carboxylic acids is 1. The third-order valence-electron chi connectivity index (χ3n) is 2.85. The minimum Gasteiger partial charge on any atom is -0.495 e. The van der Waals surface area contributed by atoms with Gasteiger partial charge in [0.2, 0.25) is 0 Å². The van der Waals surface area contributed by atoms with Gasteiger partial charge in [0.25, 0.3) is 5.91 Å². The number of carbonyl (C=O) groups is 1. The number of anilines is 1. The van der Waals surface area contributed by atoms with Gasteiger partial charge in [0, 0.05) is 5.02 Å². The van der Waals surface area contributed by atoms with Crippen LogP contribution in [0.15, 0.2) is 36.4 Å². The summed E-state index contributed by atoms with van der Waals surface area (Å²) in [4.78, 5) is 12.1. The predicted octanol–water partition coefficient (Wildman–Crippen LogP) is 4.05. The lowest BCUT2D eigenvalue weighted by Crippen LogP contribution is -2.15. The Morgan fingerprint density at radius 3 is 2.75 bits per heavy atom. The predicted molar refractivity (Wildman–Crippen MR) is 77.1 cm³/mol. The van der Waals surface area contributed by atoms with E-state index in [1.54, 1.807) is 37.3 Å². The van der Waals surface area contributed by atoms with Gasteiger partial charge < -0.3 is 10.1 Å². The summed E-state index contributed by atoms with van der Waals surface area (Å²) in [6, 6.07) is 9.48. The van der Waals surface area contributed by atoms with Gasteiger partial charge in [-0.2, -0.15) is 0 Å². The van der Waals surface area contributed by atoms with E-state index in [0.29, 0.717) is 22.0 Å². The molecule has 0 bridgehead atoms. The van der Waals surface area contributed by atoms with Crippen LogP contribution in [-0.2, 0) is 0 Å². The van der Waals surface area contributed by atoms with Crippen LogP contribution in [0.2, 0.25) is 5.02 Å². The Kier molecular flexibility index (Phi) is 4.25. The summed E-state index contributed by atoms with van der Waals surface area (Å²) in [6.45, 7) is 1.60. The van der Waals surface area contributed by atoms with Crippen molar-refractivity contribution in [2.24, 2.45) is 0 Å². The molecule has 0 aromatic heterocycles. The number of amides is 1. The molecule has 0 unspecified atom stereocenters. The maximum atomic E-state index is 13.9. The molecule has 0 aliphatic heterocycles. The van der Waals surface area contributed by atoms with Crippen LogP contribution >= 0.6 is 11.6 Å². The molecular formula is C15H13ClFNO2. The van der Waals surface area contributed by atoms with Crippen molar-refractivity contribution in [1.29, 1.82) is 0 Å². The third-order valence-corrected chi connectivity index (χ3v) is 3.08. The van der Waals surface area contributed by atoms with Gasteiger partial charge in [-0.25, -0.2) is 4.39 Å². The highest BCUT2D eigenvalue weighted by Gasteiger charge is 2.15. The summed E-state index contributed by atoms with van der Waals surface area (Å²) >= 11 is 5.88. The first-order valence-electron chi connectivity index (χ1n) is 5.93. The second-order valence-electron chi connectivity index (χ2n) is 4.24. The third kappa shape index (κ3) is 2.91. The molecule has 0 saturated carbocycles. The van der Waals surface area contributed by atoms with E-state index in [9.17, 15) is 9.18 Å². The van der Waals surface area contributed by atoms with Crippen molar-refractivity contribution in [3.8, 4) is 5.75 Å². The van der Waals surface area contributed by atoms with Gasteiger partial charge in [0.05, 0.1) is 18.4 Å². The summed E-state index contributed by atoms with van der Waals surface area (Å²) in [7, 11) is 1.48. The van der Waals surface area contributed by atoms with E-state index in [0.717, 1.165) is 0 Å². The van der Waals surface area contributed by atoms with E-state index >= 15 is 0 Å². The Hall–Kier alpha value is -2.07. The standard InChI is InChI=1S/C15H13ClFNO2/c1-9-4-3-5-11(14(9)17)15(19)18-12-8-10(16)6-7-13(12)20-2/h3-8H,1-2H3,(H,18,19). The minimum absolute atomic E-state index is 0.0213. The van der Waals surface area contributed by atoms with Crippen LogP contribution in [0.1, 0.15) is 15.9 Å². The van der Waals surface area contributed by atoms with Crippen LogP contribution in [0.5, 0.6) is 5.75 Å². The molecule has 2 rings (SSSR count). The zero-order valence-electron chi connectivity index (χ0n) is 11.0. The molecule has 0 radical (unpaired) electrons. The lowest BCUT2D eigenvalue weighted by atomic mass is 10.1. The topological polar surface area (TPSA) is 38.3 Å². The highest BCUT2D eigenvalue weighted by Crippen LogP contribution is 2.28. The van der Waals surface area contributed by atoms with Crippen LogP contribution in [0.25, 0.3) is 0 Å². The smallest absolute Gasteiger partial charge is 0.258 e. The average molecular weight is 294 g/mol. The molecule has 2 aromatic carbocycles. The fourth-order valence-electron chi connectivity index (χ4n) is 1.79. The molecule has 5 heteroatoms. The fourth-order valence-corrected chi connectivity index (χ4v) is 1.96. The van der Waals surface area contributed by atoms with Gasteiger partial charge in [-0.15, -0.1) is 0 Å². The van der Waals surface area contributed by atoms with Crippen LogP contribution in [0, 0.1) is 12.7 Å². The minimum atomic E-state index is -0.549. The Bertz CT molecular complexity index is 658. The molecule has 0 aliphatic rings. The van der Waals surface area contributed by atoms with Crippen molar-refractivity contribution in [3.05, 3.63) is 58.4 Å². The first kappa shape index (κ1) is 14.3. The van der Waals surface area contributed by atoms with E-state index in [4.69, 9.17) is 16.3 Å². The molecule has 0 saturated heterocycles. The van der Waals surface area contributed by atoms with Crippen molar-refractivity contribution in [1.82, 2.24) is 0 Å². The Morgan fingerprint density at radius 1 is 1.30 bits per heavy atom. The average Bonchev–Trinajstić information content (AvgIpc) is 2.42. The monoisotopic (exact) mass is 293 g/mol. The van der Waals surface area contributed by atoms with Gasteiger partial charge in [0.15, 0.2) is 0 Å². The molecule has 0 heterocycles. The van der Waals surface area contributed by atoms with Gasteiger partial charge in [-0.3, -0.25) is 4.79 Å². The van der Waals surface area contributed by atoms with E-state index in [2.05, 4.69) is 5.32 Å². The molecule has 1 amide bonds. The van der Waals surface area contributed by atoms with Crippen LogP contribution in [0.3, 0.4) is 0 Å². The van der Waals surface area contributed by atoms with Crippen molar-refractivity contribution in [2.75, 3.05) is 12.4 Å². The molecule has 0 aliphatic carbocycles. The number of aryl methyl sites for hydroxylation is 1. The first-order valence-corrected chi connectivity index (χ1v) is 6.30. The van der Waals surface area contributed by atoms with Crippen LogP contribution < -0.4 is 10.1 Å². The van der Waals surface area contributed by atoms with E-state index in [1.165, 1.54) is 13.2 Å². The van der Waals surface area contributed by atoms with E-state index in [1.807, 2.05) is 0 Å². The lowest BCUT2D eigenvalue weighted by Gasteiger charge is -2.11. The Balaban J connectivity index is 2.32. The second-order valence-corrected chi connectivity index (χ2v) is 4.67. The lowest BCUT2D eigenvalue weighted by molar-refractivity contribution is 0.102. The van der Waals surface area contributed by atoms with Crippen molar-refractivity contribution < 1.29 is 13.9 Å². The number of halogens is 2. The van der Waals surface area contributed by atoms with Gasteiger partial charge in [-0.05, 0) is 36.8 Å². The maximum Gasteiger partial charge on any atom is 0.258 e. The number of hydrogen-bond acceptors (Lipinski definition) is 2. The van der Waals surface area contributed by atoms with Gasteiger partial charge in [0.1, 0.15) is 11.6 Å². The zero-order chi connectivity index (χ0) is 14.7. The highest BCUT2D eigenvalue weighted by atomic mass is 35.5. The largest absolute Gasteiger partial charge is 0.495 e. The van der Waals surface area contributed by atoms with Crippen LogP contribution in [-0.4, -0.2) is 13.0 Å². The second kappa shape index (κ2) is 5.92. The molecular weight excluding hydrogens is 281 g/mol. The number of nitrogens with one attached hydrogen (secondary N) is 1. The SMILES string of the molecule is COc1ccc(Cl)cc1NC(=O)c1cccc(C)c1F. The van der Waals surface area contributed by atoms with Crippen molar-refractivity contribution in [3.63, 3.8) is 0 Å². The van der Waals surface area contributed by atoms with Gasteiger partial charge in [-0.1, -0.05) is 23.7 Å². The maximum absolute atomic E-state index is 13.9. The summed E-state index contributed by atoms with van der Waals surface area (Å²) in [5.41, 5.74) is 0.786. The van der Waals surface area contributed by atoms with Crippen LogP contribution in [0.4, 0.5) is 10.1 Å². The fraction of sp³-hybridized carbons (Fsp3) is 0.133. The summed E-state index contributed by atoms with van der Waals surface area (Å²) < 4.78 is 19.0. The summed E-state index contributed by atoms with van der Waals surface area (Å²) in [5, 5.41) is 3.05. The molecule has 20 heavy (non-hydrogen) atoms. The van der Waals surface area contributed by atoms with E-state index < -0.39 is 11.7 Å². The highest BCUT2D eigenvalue weighted by molar-refractivity contribution is 6.31. The van der Waals surface area contributed by atoms with Crippen molar-refractivity contribution >= 4 is 23.2 Å². The number of benzene rings is 2. The Morgan fingerprint density at radius 2 is 2.05 bits per heavy atom. The number of rotatable bonds is 3. The molecule has 0 spiro atoms. The molecule has 0 fully saturated rings. The number of ether oxygens (including phenoxy) is 1. The first-order chi connectivity index (χ1) is 9.52.